The lowest BCUT2D eigenvalue weighted by Crippen LogP contribution is -2.71. The third-order valence-corrected chi connectivity index (χ3v) is 6.96. The number of carbonyl (C=O) groups is 1. The lowest BCUT2D eigenvalue weighted by Gasteiger charge is -2.54. The van der Waals surface area contributed by atoms with Gasteiger partial charge in [-0.1, -0.05) is 36.4 Å². The first-order valence-corrected chi connectivity index (χ1v) is 11.3. The Morgan fingerprint density at radius 2 is 1.90 bits per heavy atom. The maximum absolute atomic E-state index is 12.3. The molecular weight excluding hydrogens is 392 g/mol. The van der Waals surface area contributed by atoms with Crippen LogP contribution in [0.4, 0.5) is 0 Å². The summed E-state index contributed by atoms with van der Waals surface area (Å²) < 4.78 is 0. The van der Waals surface area contributed by atoms with Crippen molar-refractivity contribution in [1.82, 2.24) is 20.1 Å². The molecule has 3 aromatic rings. The van der Waals surface area contributed by atoms with E-state index < -0.39 is 0 Å². The number of piperazine rings is 1. The number of nitrogens with one attached hydrogen (secondary N) is 1. The summed E-state index contributed by atoms with van der Waals surface area (Å²) >= 11 is 1.74. The van der Waals surface area contributed by atoms with E-state index in [0.717, 1.165) is 36.3 Å². The third kappa shape index (κ3) is 3.67. The summed E-state index contributed by atoms with van der Waals surface area (Å²) in [4.78, 5) is 20.8. The minimum atomic E-state index is 0.0316. The number of hydrogen-bond donors (Lipinski definition) is 1. The maximum atomic E-state index is 12.3. The van der Waals surface area contributed by atoms with Crippen molar-refractivity contribution in [2.24, 2.45) is 0 Å². The Bertz CT molecular complexity index is 1020. The molecule has 0 radical (unpaired) electrons. The van der Waals surface area contributed by atoms with E-state index in [2.05, 4.69) is 50.9 Å². The van der Waals surface area contributed by atoms with Crippen LogP contribution in [0.2, 0.25) is 0 Å². The summed E-state index contributed by atoms with van der Waals surface area (Å²) in [5, 5.41) is 6.96. The number of benzene rings is 2. The maximum Gasteiger partial charge on any atom is 0.253 e. The lowest BCUT2D eigenvalue weighted by atomic mass is 9.74. The highest BCUT2D eigenvalue weighted by atomic mass is 32.1. The lowest BCUT2D eigenvalue weighted by molar-refractivity contribution is 0.0470. The Hall–Kier alpha value is -2.54. The quantitative estimate of drug-likeness (QED) is 0.690. The molecule has 1 N–H and O–H groups in total. The second-order valence-electron chi connectivity index (χ2n) is 8.43. The summed E-state index contributed by atoms with van der Waals surface area (Å²) in [6, 6.07) is 17.8. The Morgan fingerprint density at radius 1 is 1.13 bits per heavy atom. The molecule has 6 heteroatoms. The fourth-order valence-electron chi connectivity index (χ4n) is 4.71. The van der Waals surface area contributed by atoms with Crippen LogP contribution in [0.1, 0.15) is 26.8 Å². The largest absolute Gasteiger partial charge is 0.345 e. The van der Waals surface area contributed by atoms with Gasteiger partial charge in [-0.05, 0) is 28.8 Å². The molecule has 3 aliphatic rings. The number of piperidine rings is 1. The summed E-state index contributed by atoms with van der Waals surface area (Å²) in [6.45, 7) is 3.09. The number of hydrogen-bond acceptors (Lipinski definition) is 5. The molecule has 3 aliphatic heterocycles. The smallest absolute Gasteiger partial charge is 0.253 e. The van der Waals surface area contributed by atoms with E-state index in [1.54, 1.807) is 30.3 Å². The van der Waals surface area contributed by atoms with Crippen molar-refractivity contribution in [1.29, 1.82) is 0 Å². The van der Waals surface area contributed by atoms with Crippen LogP contribution >= 0.6 is 11.3 Å². The molecule has 2 bridgehead atoms. The molecule has 0 spiro atoms. The number of rotatable bonds is 5. The van der Waals surface area contributed by atoms with Crippen LogP contribution in [0.5, 0.6) is 0 Å². The van der Waals surface area contributed by atoms with E-state index in [0.29, 0.717) is 18.0 Å². The first kappa shape index (κ1) is 19.4. The van der Waals surface area contributed by atoms with Gasteiger partial charge < -0.3 is 10.2 Å². The average Bonchev–Trinajstić information content (AvgIpc) is 3.26. The van der Waals surface area contributed by atoms with Crippen LogP contribution in [0.3, 0.4) is 0 Å². The zero-order valence-electron chi connectivity index (χ0n) is 17.3. The van der Waals surface area contributed by atoms with Crippen LogP contribution in [0.25, 0.3) is 11.1 Å². The van der Waals surface area contributed by atoms with Crippen LogP contribution < -0.4 is 5.32 Å². The van der Waals surface area contributed by atoms with Crippen molar-refractivity contribution in [3.05, 3.63) is 76.2 Å². The Labute approximate surface area is 181 Å². The zero-order valence-corrected chi connectivity index (χ0v) is 18.1. The Balaban J connectivity index is 1.28. The van der Waals surface area contributed by atoms with Gasteiger partial charge in [-0.15, -0.1) is 11.3 Å². The van der Waals surface area contributed by atoms with Gasteiger partial charge in [-0.2, -0.15) is 0 Å². The van der Waals surface area contributed by atoms with Gasteiger partial charge in [-0.25, -0.2) is 4.98 Å². The van der Waals surface area contributed by atoms with Gasteiger partial charge in [-0.3, -0.25) is 9.69 Å². The first-order valence-electron chi connectivity index (χ1n) is 10.4. The topological polar surface area (TPSA) is 48.5 Å². The molecule has 154 valence electrons. The van der Waals surface area contributed by atoms with E-state index in [1.165, 1.54) is 10.6 Å². The van der Waals surface area contributed by atoms with E-state index in [9.17, 15) is 4.79 Å². The molecule has 3 atom stereocenters. The van der Waals surface area contributed by atoms with Gasteiger partial charge in [0, 0.05) is 62.3 Å². The van der Waals surface area contributed by atoms with Gasteiger partial charge >= 0.3 is 0 Å². The summed E-state index contributed by atoms with van der Waals surface area (Å²) in [5.41, 5.74) is 4.35. The van der Waals surface area contributed by atoms with Crippen LogP contribution in [-0.4, -0.2) is 60.0 Å². The number of amides is 1. The summed E-state index contributed by atoms with van der Waals surface area (Å²) in [6.07, 6.45) is 1.89. The molecule has 30 heavy (non-hydrogen) atoms. The molecular formula is C24H26N4OS. The average molecular weight is 419 g/mol. The second kappa shape index (κ2) is 7.95. The molecule has 5 nitrogen and oxygen atoms in total. The summed E-state index contributed by atoms with van der Waals surface area (Å²) in [5.74, 6) is 0.609. The van der Waals surface area contributed by atoms with Crippen LogP contribution in [-0.2, 0) is 6.54 Å². The van der Waals surface area contributed by atoms with Gasteiger partial charge in [0.2, 0.25) is 0 Å². The van der Waals surface area contributed by atoms with Gasteiger partial charge in [0.25, 0.3) is 5.91 Å². The fourth-order valence-corrected chi connectivity index (χ4v) is 5.37. The Morgan fingerprint density at radius 3 is 2.57 bits per heavy atom. The standard InChI is InChI=1S/C24H26N4OS/c1-27(2)24(29)19-5-3-4-18(12-19)16-6-8-17(9-7-16)23-20-13-28(14-21(23)26-20)15-22-25-10-11-30-22/h3-12,20-21,23,26H,13-15H2,1-2H3/t20-,21+,23?. The molecule has 6 rings (SSSR count). The minimum Gasteiger partial charge on any atom is -0.345 e. The summed E-state index contributed by atoms with van der Waals surface area (Å²) in [7, 11) is 3.57. The van der Waals surface area contributed by atoms with Crippen molar-refractivity contribution in [2.45, 2.75) is 24.5 Å². The van der Waals surface area contributed by atoms with E-state index >= 15 is 0 Å². The molecule has 1 amide bonds. The molecule has 3 fully saturated rings. The normalized spacial score (nSPS) is 23.1. The third-order valence-electron chi connectivity index (χ3n) is 6.19. The SMILES string of the molecule is CN(C)C(=O)c1cccc(-c2ccc(C3[C@@H]4CN(Cc5nccs5)C[C@H]3N4)cc2)c1. The molecule has 1 unspecified atom stereocenters. The molecule has 2 aromatic carbocycles. The van der Waals surface area contributed by atoms with Gasteiger partial charge in [0.15, 0.2) is 0 Å². The van der Waals surface area contributed by atoms with Crippen molar-refractivity contribution in [2.75, 3.05) is 27.2 Å². The highest BCUT2D eigenvalue weighted by Gasteiger charge is 2.46. The highest BCUT2D eigenvalue weighted by molar-refractivity contribution is 7.09. The van der Waals surface area contributed by atoms with Gasteiger partial charge in [0.1, 0.15) is 5.01 Å². The predicted molar refractivity (Wildman–Crippen MR) is 121 cm³/mol. The zero-order chi connectivity index (χ0) is 20.7. The first-order chi connectivity index (χ1) is 14.6. The molecule has 0 aliphatic carbocycles. The van der Waals surface area contributed by atoms with Crippen molar-refractivity contribution in [3.63, 3.8) is 0 Å². The number of nitrogens with zero attached hydrogens (tertiary/aromatic N) is 3. The molecule has 0 saturated carbocycles. The van der Waals surface area contributed by atoms with Crippen LogP contribution in [0, 0.1) is 0 Å². The van der Waals surface area contributed by atoms with Crippen molar-refractivity contribution >= 4 is 17.2 Å². The van der Waals surface area contributed by atoms with Crippen molar-refractivity contribution < 1.29 is 4.79 Å². The number of carbonyl (C=O) groups excluding carboxylic acids is 1. The minimum absolute atomic E-state index is 0.0316. The fraction of sp³-hybridized carbons (Fsp3) is 0.333. The molecule has 3 saturated heterocycles. The monoisotopic (exact) mass is 418 g/mol. The predicted octanol–water partition coefficient (Wildman–Crippen LogP) is 3.45. The van der Waals surface area contributed by atoms with E-state index in [-0.39, 0.29) is 5.91 Å². The number of thiazole rings is 1. The molecule has 4 heterocycles. The van der Waals surface area contributed by atoms with Gasteiger partial charge in [0.05, 0.1) is 6.54 Å². The van der Waals surface area contributed by atoms with E-state index in [1.807, 2.05) is 24.4 Å². The number of aromatic nitrogens is 1. The van der Waals surface area contributed by atoms with Crippen LogP contribution in [0.15, 0.2) is 60.1 Å². The Kier molecular flexibility index (Phi) is 5.15. The van der Waals surface area contributed by atoms with Crippen molar-refractivity contribution in [3.8, 4) is 11.1 Å². The molecule has 1 aromatic heterocycles. The number of fused-ring (bicyclic) bond motifs is 2. The second-order valence-corrected chi connectivity index (χ2v) is 9.41. The van der Waals surface area contributed by atoms with E-state index in [4.69, 9.17) is 0 Å². The highest BCUT2D eigenvalue weighted by Crippen LogP contribution is 2.38.